The van der Waals surface area contributed by atoms with Crippen LogP contribution in [0.15, 0.2) is 53.2 Å². The van der Waals surface area contributed by atoms with Gasteiger partial charge in [0.2, 0.25) is 11.7 Å². The van der Waals surface area contributed by atoms with Crippen molar-refractivity contribution in [1.82, 2.24) is 20.1 Å². The number of nitrogens with two attached hydrogens (primary N) is 2. The Morgan fingerprint density at radius 2 is 1.97 bits per heavy atom. The first-order valence-corrected chi connectivity index (χ1v) is 10.2. The van der Waals surface area contributed by atoms with Crippen LogP contribution in [0.1, 0.15) is 23.8 Å². The molecule has 3 aromatic heterocycles. The predicted molar refractivity (Wildman–Crippen MR) is 115 cm³/mol. The van der Waals surface area contributed by atoms with Gasteiger partial charge in [0.25, 0.3) is 5.89 Å². The summed E-state index contributed by atoms with van der Waals surface area (Å²) in [5.41, 5.74) is 12.5. The van der Waals surface area contributed by atoms with Crippen LogP contribution in [0.2, 0.25) is 0 Å². The number of hydrogen-bond acceptors (Lipinski definition) is 10. The topological polar surface area (TPSA) is 157 Å². The molecule has 0 spiro atoms. The Hall–Kier alpha value is -3.90. The van der Waals surface area contributed by atoms with E-state index in [9.17, 15) is 14.3 Å². The minimum Gasteiger partial charge on any atom is -0.383 e. The molecule has 0 bridgehead atoms. The molecule has 0 saturated carbocycles. The lowest BCUT2D eigenvalue weighted by Gasteiger charge is -2.26. The lowest BCUT2D eigenvalue weighted by atomic mass is 10.2. The molecule has 1 amide bonds. The zero-order valence-electron chi connectivity index (χ0n) is 16.7. The molecule has 0 radical (unpaired) electrons. The van der Waals surface area contributed by atoms with Crippen molar-refractivity contribution in [3.8, 4) is 11.5 Å². The van der Waals surface area contributed by atoms with Gasteiger partial charge in [0.1, 0.15) is 23.4 Å². The van der Waals surface area contributed by atoms with Crippen molar-refractivity contribution in [1.29, 1.82) is 0 Å². The van der Waals surface area contributed by atoms with Crippen molar-refractivity contribution in [2.24, 2.45) is 5.73 Å². The Balaban J connectivity index is 1.68. The van der Waals surface area contributed by atoms with Crippen LogP contribution in [0.4, 0.5) is 21.0 Å². The zero-order valence-corrected chi connectivity index (χ0v) is 17.5. The third-order valence-corrected chi connectivity index (χ3v) is 5.72. The van der Waals surface area contributed by atoms with Gasteiger partial charge in [-0.25, -0.2) is 9.37 Å². The van der Waals surface area contributed by atoms with Crippen molar-refractivity contribution in [3.05, 3.63) is 65.2 Å². The number of carbonyl (C=O) groups is 1. The number of aliphatic hydroxyl groups is 1. The summed E-state index contributed by atoms with van der Waals surface area (Å²) in [4.78, 5) is 26.3. The summed E-state index contributed by atoms with van der Waals surface area (Å²) < 4.78 is 18.6. The van der Waals surface area contributed by atoms with Gasteiger partial charge in [-0.15, -0.1) is 0 Å². The first-order chi connectivity index (χ1) is 15.3. The Kier molecular flexibility index (Phi) is 5.79. The van der Waals surface area contributed by atoms with Crippen LogP contribution in [0, 0.1) is 5.82 Å². The van der Waals surface area contributed by atoms with Crippen LogP contribution in [-0.2, 0) is 4.79 Å². The second kappa shape index (κ2) is 8.69. The summed E-state index contributed by atoms with van der Waals surface area (Å²) in [6, 6.07) is 9.87. The maximum atomic E-state index is 13.4. The Morgan fingerprint density at radius 1 is 1.22 bits per heavy atom. The minimum absolute atomic E-state index is 0.0128. The second-order valence-corrected chi connectivity index (χ2v) is 7.75. The average Bonchev–Trinajstić information content (AvgIpc) is 3.43. The number of halogens is 1. The van der Waals surface area contributed by atoms with Gasteiger partial charge in [0.05, 0.1) is 4.88 Å². The largest absolute Gasteiger partial charge is 0.383 e. The van der Waals surface area contributed by atoms with E-state index in [2.05, 4.69) is 20.1 Å². The van der Waals surface area contributed by atoms with E-state index >= 15 is 0 Å². The number of nitrogens with zero attached hydrogens (tertiary/aromatic N) is 5. The summed E-state index contributed by atoms with van der Waals surface area (Å²) in [7, 11) is 0. The standard InChI is InChI=1S/C20H18FN7O3S/c1-10(17(23)30)28(12-7-5-11(21)6-8-12)20-25-16(22)15(32-20)14(29)19-26-18(27-31-19)13-4-2-3-9-24-13/h2-10,14,29H,22H2,1H3,(H2,23,30). The SMILES string of the molecule is CC(C(N)=O)N(c1ccc(F)cc1)c1nc(N)c(C(O)c2nc(-c3ccccn3)no2)s1. The van der Waals surface area contributed by atoms with Gasteiger partial charge in [0, 0.05) is 11.9 Å². The van der Waals surface area contributed by atoms with Crippen molar-refractivity contribution < 1.29 is 18.8 Å². The number of pyridine rings is 1. The normalized spacial score (nSPS) is 13.0. The molecular formula is C20H18FN7O3S. The van der Waals surface area contributed by atoms with E-state index < -0.39 is 23.9 Å². The third kappa shape index (κ3) is 4.13. The smallest absolute Gasteiger partial charge is 0.261 e. The molecule has 12 heteroatoms. The van der Waals surface area contributed by atoms with Gasteiger partial charge in [-0.3, -0.25) is 9.78 Å². The molecule has 3 heterocycles. The summed E-state index contributed by atoms with van der Waals surface area (Å²) in [6.45, 7) is 1.58. The summed E-state index contributed by atoms with van der Waals surface area (Å²) in [5, 5.41) is 14.9. The molecule has 10 nitrogen and oxygen atoms in total. The number of thiazole rings is 1. The molecule has 0 saturated heterocycles. The number of hydrogen-bond donors (Lipinski definition) is 3. The van der Waals surface area contributed by atoms with Gasteiger partial charge in [0.15, 0.2) is 11.2 Å². The van der Waals surface area contributed by atoms with Gasteiger partial charge < -0.3 is 26.0 Å². The third-order valence-electron chi connectivity index (χ3n) is 4.60. The van der Waals surface area contributed by atoms with E-state index in [0.717, 1.165) is 11.3 Å². The second-order valence-electron chi connectivity index (χ2n) is 6.74. The molecule has 0 aliphatic heterocycles. The van der Waals surface area contributed by atoms with Crippen molar-refractivity contribution in [3.63, 3.8) is 0 Å². The van der Waals surface area contributed by atoms with Crippen molar-refractivity contribution in [2.75, 3.05) is 10.6 Å². The van der Waals surface area contributed by atoms with E-state index in [-0.39, 0.29) is 27.5 Å². The van der Waals surface area contributed by atoms with Crippen LogP contribution in [0.25, 0.3) is 11.5 Å². The molecular weight excluding hydrogens is 437 g/mol. The van der Waals surface area contributed by atoms with Crippen LogP contribution >= 0.6 is 11.3 Å². The van der Waals surface area contributed by atoms with Crippen LogP contribution < -0.4 is 16.4 Å². The molecule has 4 aromatic rings. The highest BCUT2D eigenvalue weighted by Crippen LogP contribution is 2.39. The molecule has 2 unspecified atom stereocenters. The van der Waals surface area contributed by atoms with Crippen LogP contribution in [0.3, 0.4) is 0 Å². The highest BCUT2D eigenvalue weighted by atomic mass is 32.1. The number of primary amides is 1. The number of amides is 1. The van der Waals surface area contributed by atoms with Gasteiger partial charge >= 0.3 is 0 Å². The Bertz CT molecular complexity index is 1230. The zero-order chi connectivity index (χ0) is 22.8. The van der Waals surface area contributed by atoms with Crippen LogP contribution in [-0.4, -0.2) is 37.2 Å². The molecule has 4 rings (SSSR count). The molecule has 0 aliphatic carbocycles. The number of aliphatic hydroxyl groups excluding tert-OH is 1. The number of nitrogen functional groups attached to an aromatic ring is 1. The van der Waals surface area contributed by atoms with E-state index in [4.69, 9.17) is 16.0 Å². The van der Waals surface area contributed by atoms with Crippen molar-refractivity contribution >= 4 is 33.9 Å². The lowest BCUT2D eigenvalue weighted by Crippen LogP contribution is -2.39. The molecule has 164 valence electrons. The number of anilines is 3. The van der Waals surface area contributed by atoms with Gasteiger partial charge in [-0.05, 0) is 43.3 Å². The molecule has 5 N–H and O–H groups in total. The molecule has 0 fully saturated rings. The van der Waals surface area contributed by atoms with E-state index in [1.807, 2.05) is 0 Å². The monoisotopic (exact) mass is 455 g/mol. The summed E-state index contributed by atoms with van der Waals surface area (Å²) in [5.74, 6) is -0.932. The van der Waals surface area contributed by atoms with Gasteiger partial charge in [-0.1, -0.05) is 22.6 Å². The number of aromatic nitrogens is 4. The number of carbonyl (C=O) groups excluding carboxylic acids is 1. The van der Waals surface area contributed by atoms with E-state index in [0.29, 0.717) is 11.4 Å². The fourth-order valence-electron chi connectivity index (χ4n) is 2.92. The molecule has 0 aliphatic rings. The maximum absolute atomic E-state index is 13.4. The average molecular weight is 455 g/mol. The van der Waals surface area contributed by atoms with Gasteiger partial charge in [-0.2, -0.15) is 4.98 Å². The first kappa shape index (κ1) is 21.3. The predicted octanol–water partition coefficient (Wildman–Crippen LogP) is 2.40. The van der Waals surface area contributed by atoms with E-state index in [1.54, 1.807) is 31.3 Å². The lowest BCUT2D eigenvalue weighted by molar-refractivity contribution is -0.118. The fourth-order valence-corrected chi connectivity index (χ4v) is 3.98. The molecule has 32 heavy (non-hydrogen) atoms. The quantitative estimate of drug-likeness (QED) is 0.380. The highest BCUT2D eigenvalue weighted by Gasteiger charge is 2.29. The molecule has 2 atom stereocenters. The maximum Gasteiger partial charge on any atom is 0.261 e. The molecule has 1 aromatic carbocycles. The number of rotatable bonds is 7. The summed E-state index contributed by atoms with van der Waals surface area (Å²) >= 11 is 1.02. The van der Waals surface area contributed by atoms with Crippen molar-refractivity contribution in [2.45, 2.75) is 19.1 Å². The minimum atomic E-state index is -1.36. The number of benzene rings is 1. The Labute approximate surface area is 185 Å². The Morgan fingerprint density at radius 3 is 2.62 bits per heavy atom. The van der Waals surface area contributed by atoms with Crippen LogP contribution in [0.5, 0.6) is 0 Å². The summed E-state index contributed by atoms with van der Waals surface area (Å²) in [6.07, 6.45) is 0.226. The van der Waals surface area contributed by atoms with E-state index in [1.165, 1.54) is 29.2 Å². The first-order valence-electron chi connectivity index (χ1n) is 9.38. The highest BCUT2D eigenvalue weighted by molar-refractivity contribution is 7.16. The fraction of sp³-hybridized carbons (Fsp3) is 0.150.